The number of halogens is 2. The number of carbonyl (C=O) groups excluding carboxylic acids is 1. The molecular formula is C19H25F2NO3. The van der Waals surface area contributed by atoms with E-state index in [4.69, 9.17) is 4.74 Å². The number of carbonyl (C=O) groups is 1. The Kier molecular flexibility index (Phi) is 6.79. The molecule has 0 N–H and O–H groups in total. The average molecular weight is 353 g/mol. The van der Waals surface area contributed by atoms with Gasteiger partial charge in [0, 0.05) is 24.2 Å². The lowest BCUT2D eigenvalue weighted by molar-refractivity contribution is -0.130. The fraction of sp³-hybridized carbons (Fsp3) is 0.526. The first-order valence-electron chi connectivity index (χ1n) is 8.54. The summed E-state index contributed by atoms with van der Waals surface area (Å²) in [4.78, 5) is 14.5. The van der Waals surface area contributed by atoms with Crippen LogP contribution in [0.1, 0.15) is 38.7 Å². The molecule has 4 nitrogen and oxygen atoms in total. The van der Waals surface area contributed by atoms with Gasteiger partial charge in [0.05, 0.1) is 7.11 Å². The number of methoxy groups -OCH3 is 1. The molecular weight excluding hydrogens is 328 g/mol. The lowest BCUT2D eigenvalue weighted by atomic mass is 9.92. The molecule has 2 rings (SSSR count). The normalized spacial score (nSPS) is 18.2. The number of ether oxygens (including phenoxy) is 2. The molecule has 25 heavy (non-hydrogen) atoms. The predicted octanol–water partition coefficient (Wildman–Crippen LogP) is 4.35. The van der Waals surface area contributed by atoms with Crippen molar-refractivity contribution in [2.45, 2.75) is 45.8 Å². The number of likely N-dealkylation sites (tertiary alicyclic amines) is 1. The number of hydrogen-bond donors (Lipinski definition) is 0. The van der Waals surface area contributed by atoms with Crippen LogP contribution in [0.5, 0.6) is 11.5 Å². The van der Waals surface area contributed by atoms with E-state index in [0.717, 1.165) is 25.8 Å². The fourth-order valence-corrected chi connectivity index (χ4v) is 3.22. The minimum absolute atomic E-state index is 0.0666. The van der Waals surface area contributed by atoms with Gasteiger partial charge in [-0.2, -0.15) is 8.78 Å². The molecule has 1 aliphatic heterocycles. The van der Waals surface area contributed by atoms with Crippen LogP contribution in [0.25, 0.3) is 6.08 Å². The Morgan fingerprint density at radius 3 is 2.72 bits per heavy atom. The Balaban J connectivity index is 2.21. The summed E-state index contributed by atoms with van der Waals surface area (Å²) in [6, 6.07) is 5.03. The summed E-state index contributed by atoms with van der Waals surface area (Å²) in [6.45, 7) is 1.98. The Morgan fingerprint density at radius 1 is 1.32 bits per heavy atom. The molecule has 6 heteroatoms. The van der Waals surface area contributed by atoms with Crippen molar-refractivity contribution in [1.29, 1.82) is 0 Å². The molecule has 0 aromatic heterocycles. The van der Waals surface area contributed by atoms with Gasteiger partial charge in [-0.1, -0.05) is 26.0 Å². The van der Waals surface area contributed by atoms with Crippen LogP contribution in [0.15, 0.2) is 24.3 Å². The molecule has 1 aliphatic rings. The number of alkyl halides is 2. The number of piperidine rings is 1. The van der Waals surface area contributed by atoms with Gasteiger partial charge < -0.3 is 14.4 Å². The van der Waals surface area contributed by atoms with Gasteiger partial charge in [0.1, 0.15) is 0 Å². The van der Waals surface area contributed by atoms with Crippen molar-refractivity contribution in [2.75, 3.05) is 13.7 Å². The van der Waals surface area contributed by atoms with Crippen molar-refractivity contribution < 1.29 is 23.0 Å². The summed E-state index contributed by atoms with van der Waals surface area (Å²) in [7, 11) is 1.38. The second kappa shape index (κ2) is 8.83. The molecule has 0 saturated carbocycles. The number of benzene rings is 1. The predicted molar refractivity (Wildman–Crippen MR) is 92.9 cm³/mol. The number of para-hydroxylation sites is 1. The Bertz CT molecular complexity index is 617. The minimum Gasteiger partial charge on any atom is -0.493 e. The number of nitrogens with zero attached hydrogens (tertiary/aromatic N) is 1. The van der Waals surface area contributed by atoms with Gasteiger partial charge in [-0.15, -0.1) is 0 Å². The van der Waals surface area contributed by atoms with E-state index in [9.17, 15) is 13.6 Å². The summed E-state index contributed by atoms with van der Waals surface area (Å²) in [5, 5.41) is 0. The first-order chi connectivity index (χ1) is 11.9. The lowest BCUT2D eigenvalue weighted by Gasteiger charge is -2.37. The molecule has 1 saturated heterocycles. The highest BCUT2D eigenvalue weighted by atomic mass is 19.3. The third-order valence-electron chi connectivity index (χ3n) is 4.44. The van der Waals surface area contributed by atoms with E-state index >= 15 is 0 Å². The van der Waals surface area contributed by atoms with E-state index in [1.54, 1.807) is 12.1 Å². The Labute approximate surface area is 147 Å². The van der Waals surface area contributed by atoms with Gasteiger partial charge in [-0.25, -0.2) is 0 Å². The second-order valence-corrected chi connectivity index (χ2v) is 6.43. The molecule has 0 bridgehead atoms. The van der Waals surface area contributed by atoms with Crippen molar-refractivity contribution in [3.8, 4) is 11.5 Å². The Hall–Kier alpha value is -2.11. The molecule has 1 atom stereocenters. The van der Waals surface area contributed by atoms with Crippen LogP contribution in [0, 0.1) is 5.92 Å². The molecule has 1 heterocycles. The summed E-state index contributed by atoms with van der Waals surface area (Å²) in [6.07, 6.45) is 6.04. The van der Waals surface area contributed by atoms with Crippen molar-refractivity contribution in [3.63, 3.8) is 0 Å². The van der Waals surface area contributed by atoms with Crippen LogP contribution >= 0.6 is 0 Å². The van der Waals surface area contributed by atoms with Crippen LogP contribution in [0.3, 0.4) is 0 Å². The molecule has 1 aromatic carbocycles. The third-order valence-corrected chi connectivity index (χ3v) is 4.44. The van der Waals surface area contributed by atoms with E-state index in [2.05, 4.69) is 18.6 Å². The Morgan fingerprint density at radius 2 is 2.08 bits per heavy atom. The smallest absolute Gasteiger partial charge is 0.387 e. The maximum atomic E-state index is 12.7. The molecule has 0 radical (unpaired) electrons. The maximum Gasteiger partial charge on any atom is 0.387 e. The van der Waals surface area contributed by atoms with Gasteiger partial charge in [0.25, 0.3) is 0 Å². The van der Waals surface area contributed by atoms with E-state index in [1.807, 2.05) is 4.90 Å². The average Bonchev–Trinajstić information content (AvgIpc) is 2.59. The van der Waals surface area contributed by atoms with E-state index in [0.29, 0.717) is 11.5 Å². The molecule has 1 aromatic rings. The molecule has 138 valence electrons. The second-order valence-electron chi connectivity index (χ2n) is 6.43. The summed E-state index contributed by atoms with van der Waals surface area (Å²) < 4.78 is 35.0. The molecule has 0 spiro atoms. The van der Waals surface area contributed by atoms with Crippen LogP contribution in [0.4, 0.5) is 8.78 Å². The number of rotatable bonds is 6. The maximum absolute atomic E-state index is 12.7. The van der Waals surface area contributed by atoms with Crippen molar-refractivity contribution in [3.05, 3.63) is 29.8 Å². The molecule has 1 unspecified atom stereocenters. The van der Waals surface area contributed by atoms with Gasteiger partial charge in [0.15, 0.2) is 11.5 Å². The minimum atomic E-state index is -2.97. The first-order valence-corrected chi connectivity index (χ1v) is 8.54. The van der Waals surface area contributed by atoms with Crippen LogP contribution in [-0.4, -0.2) is 37.1 Å². The lowest BCUT2D eigenvalue weighted by Crippen LogP contribution is -2.45. The fourth-order valence-electron chi connectivity index (χ4n) is 3.22. The molecule has 1 fully saturated rings. The van der Waals surface area contributed by atoms with Crippen molar-refractivity contribution >= 4 is 12.0 Å². The van der Waals surface area contributed by atoms with Gasteiger partial charge in [-0.3, -0.25) is 4.79 Å². The van der Waals surface area contributed by atoms with Crippen molar-refractivity contribution in [1.82, 2.24) is 4.90 Å². The summed E-state index contributed by atoms with van der Waals surface area (Å²) in [5.74, 6) is 0.410. The zero-order valence-electron chi connectivity index (χ0n) is 14.9. The van der Waals surface area contributed by atoms with Crippen LogP contribution < -0.4 is 9.47 Å². The highest BCUT2D eigenvalue weighted by molar-refractivity contribution is 5.92. The molecule has 1 amide bonds. The zero-order valence-corrected chi connectivity index (χ0v) is 14.9. The number of amides is 1. The highest BCUT2D eigenvalue weighted by Gasteiger charge is 2.27. The van der Waals surface area contributed by atoms with Crippen LogP contribution in [0.2, 0.25) is 0 Å². The number of hydrogen-bond acceptors (Lipinski definition) is 3. The van der Waals surface area contributed by atoms with E-state index < -0.39 is 6.61 Å². The SMILES string of the molecule is COc1cccc(C=CC(=O)N2CCCCC2C(C)C)c1OC(F)F. The quantitative estimate of drug-likeness (QED) is 0.714. The summed E-state index contributed by atoms with van der Waals surface area (Å²) in [5.41, 5.74) is 0.381. The first kappa shape index (κ1) is 19.2. The largest absolute Gasteiger partial charge is 0.493 e. The molecule has 0 aliphatic carbocycles. The van der Waals surface area contributed by atoms with Crippen LogP contribution in [-0.2, 0) is 4.79 Å². The zero-order chi connectivity index (χ0) is 18.4. The van der Waals surface area contributed by atoms with Gasteiger partial charge in [-0.05, 0) is 37.3 Å². The topological polar surface area (TPSA) is 38.8 Å². The monoisotopic (exact) mass is 353 g/mol. The summed E-state index contributed by atoms with van der Waals surface area (Å²) >= 11 is 0. The highest BCUT2D eigenvalue weighted by Crippen LogP contribution is 2.33. The van der Waals surface area contributed by atoms with Gasteiger partial charge in [0.2, 0.25) is 5.91 Å². The van der Waals surface area contributed by atoms with Gasteiger partial charge >= 0.3 is 6.61 Å². The third kappa shape index (κ3) is 4.94. The van der Waals surface area contributed by atoms with Crippen molar-refractivity contribution in [2.24, 2.45) is 5.92 Å². The standard InChI is InChI=1S/C19H25F2NO3/c1-13(2)15-8-4-5-12-22(15)17(23)11-10-14-7-6-9-16(24-3)18(14)25-19(20)21/h6-7,9-11,13,15,19H,4-5,8,12H2,1-3H3. The van der Waals surface area contributed by atoms with E-state index in [1.165, 1.54) is 25.3 Å². The van der Waals surface area contributed by atoms with E-state index in [-0.39, 0.29) is 23.4 Å².